The van der Waals surface area contributed by atoms with Gasteiger partial charge in [-0.15, -0.1) is 0 Å². The Kier molecular flexibility index (Phi) is 4.02. The summed E-state index contributed by atoms with van der Waals surface area (Å²) in [6, 6.07) is 2.40. The molecule has 2 rings (SSSR count). The number of hydrogen-bond acceptors (Lipinski definition) is 5. The van der Waals surface area contributed by atoms with E-state index in [1.807, 2.05) is 0 Å². The third-order valence-corrected chi connectivity index (χ3v) is 3.25. The van der Waals surface area contributed by atoms with E-state index >= 15 is 0 Å². The standard InChI is InChI=1S/C12H14N2O6/c15-11(16)6-8-2-1-5-13(7-8)12(17)9-3-4-10(20-9)14(18)19/h3-4,8H,1-2,5-7H2,(H,15,16). The Balaban J connectivity index is 2.04. The van der Waals surface area contributed by atoms with Crippen molar-refractivity contribution in [3.05, 3.63) is 28.0 Å². The first-order valence-corrected chi connectivity index (χ1v) is 6.22. The Hall–Kier alpha value is -2.38. The highest BCUT2D eigenvalue weighted by Gasteiger charge is 2.28. The zero-order valence-electron chi connectivity index (χ0n) is 10.7. The topological polar surface area (TPSA) is 114 Å². The summed E-state index contributed by atoms with van der Waals surface area (Å²) in [5.74, 6) is -1.98. The minimum Gasteiger partial charge on any atom is -0.481 e. The Labute approximate surface area is 114 Å². The van der Waals surface area contributed by atoms with E-state index in [9.17, 15) is 19.7 Å². The van der Waals surface area contributed by atoms with Crippen LogP contribution in [-0.2, 0) is 4.79 Å². The van der Waals surface area contributed by atoms with Crippen LogP contribution < -0.4 is 0 Å². The van der Waals surface area contributed by atoms with Crippen molar-refractivity contribution in [3.63, 3.8) is 0 Å². The zero-order chi connectivity index (χ0) is 14.7. The summed E-state index contributed by atoms with van der Waals surface area (Å²) in [5, 5.41) is 19.3. The van der Waals surface area contributed by atoms with Gasteiger partial charge in [-0.05, 0) is 24.8 Å². The van der Waals surface area contributed by atoms with E-state index < -0.39 is 22.7 Å². The fraction of sp³-hybridized carbons (Fsp3) is 0.500. The number of carboxylic acids is 1. The summed E-state index contributed by atoms with van der Waals surface area (Å²) in [7, 11) is 0. The van der Waals surface area contributed by atoms with Gasteiger partial charge in [-0.25, -0.2) is 0 Å². The molecule has 8 heteroatoms. The first-order chi connectivity index (χ1) is 9.47. The number of carbonyl (C=O) groups excluding carboxylic acids is 1. The van der Waals surface area contributed by atoms with Gasteiger partial charge in [0, 0.05) is 19.5 Å². The number of aliphatic carboxylic acids is 1. The summed E-state index contributed by atoms with van der Waals surface area (Å²) >= 11 is 0. The lowest BCUT2D eigenvalue weighted by Gasteiger charge is -2.31. The molecule has 2 heterocycles. The predicted octanol–water partition coefficient (Wildman–Crippen LogP) is 1.51. The molecule has 1 aromatic rings. The molecule has 0 bridgehead atoms. The van der Waals surface area contributed by atoms with Crippen LogP contribution >= 0.6 is 0 Å². The number of nitro groups is 1. The molecular weight excluding hydrogens is 268 g/mol. The molecule has 1 atom stereocenters. The molecule has 1 unspecified atom stereocenters. The Morgan fingerprint density at radius 1 is 1.50 bits per heavy atom. The molecule has 20 heavy (non-hydrogen) atoms. The van der Waals surface area contributed by atoms with Gasteiger partial charge in [0.05, 0.1) is 6.07 Å². The molecule has 1 aromatic heterocycles. The van der Waals surface area contributed by atoms with Crippen molar-refractivity contribution in [3.8, 4) is 0 Å². The molecule has 108 valence electrons. The molecule has 0 radical (unpaired) electrons. The van der Waals surface area contributed by atoms with Crippen molar-refractivity contribution in [2.24, 2.45) is 5.92 Å². The van der Waals surface area contributed by atoms with Gasteiger partial charge in [0.1, 0.15) is 4.92 Å². The molecule has 1 saturated heterocycles. The highest BCUT2D eigenvalue weighted by Crippen LogP contribution is 2.23. The number of rotatable bonds is 4. The van der Waals surface area contributed by atoms with E-state index in [0.29, 0.717) is 19.5 Å². The SMILES string of the molecule is O=C(O)CC1CCCN(C(=O)c2ccc([N+](=O)[O-])o2)C1. The molecular formula is C12H14N2O6. The van der Waals surface area contributed by atoms with Crippen LogP contribution in [0.15, 0.2) is 16.5 Å². The first-order valence-electron chi connectivity index (χ1n) is 6.22. The normalized spacial score (nSPS) is 18.8. The Morgan fingerprint density at radius 3 is 2.85 bits per heavy atom. The number of piperidine rings is 1. The molecule has 8 nitrogen and oxygen atoms in total. The Bertz CT molecular complexity index is 538. The van der Waals surface area contributed by atoms with Crippen LogP contribution in [0.2, 0.25) is 0 Å². The Morgan fingerprint density at radius 2 is 2.25 bits per heavy atom. The molecule has 0 aromatic carbocycles. The highest BCUT2D eigenvalue weighted by molar-refractivity contribution is 5.91. The van der Waals surface area contributed by atoms with Crippen molar-refractivity contribution >= 4 is 17.8 Å². The second-order valence-electron chi connectivity index (χ2n) is 4.75. The fourth-order valence-electron chi connectivity index (χ4n) is 2.36. The van der Waals surface area contributed by atoms with Crippen molar-refractivity contribution in [1.29, 1.82) is 0 Å². The number of furan rings is 1. The van der Waals surface area contributed by atoms with Crippen LogP contribution in [0.1, 0.15) is 29.8 Å². The quantitative estimate of drug-likeness (QED) is 0.661. The van der Waals surface area contributed by atoms with Gasteiger partial charge in [-0.3, -0.25) is 19.7 Å². The van der Waals surface area contributed by atoms with Crippen molar-refractivity contribution in [2.75, 3.05) is 13.1 Å². The molecule has 0 saturated carbocycles. The van der Waals surface area contributed by atoms with Crippen LogP contribution in [0.4, 0.5) is 5.88 Å². The molecule has 1 amide bonds. The van der Waals surface area contributed by atoms with Crippen LogP contribution in [0.5, 0.6) is 0 Å². The van der Waals surface area contributed by atoms with Crippen LogP contribution in [0, 0.1) is 16.0 Å². The average Bonchev–Trinajstić information content (AvgIpc) is 2.87. The molecule has 1 aliphatic heterocycles. The van der Waals surface area contributed by atoms with Crippen molar-refractivity contribution in [2.45, 2.75) is 19.3 Å². The van der Waals surface area contributed by atoms with Crippen LogP contribution in [0.3, 0.4) is 0 Å². The van der Waals surface area contributed by atoms with E-state index in [1.165, 1.54) is 11.0 Å². The van der Waals surface area contributed by atoms with Gasteiger partial charge in [-0.1, -0.05) is 0 Å². The maximum Gasteiger partial charge on any atom is 0.433 e. The minimum absolute atomic E-state index is 0.0160. The number of nitrogens with zero attached hydrogens (tertiary/aromatic N) is 2. The van der Waals surface area contributed by atoms with Gasteiger partial charge in [0.15, 0.2) is 5.76 Å². The number of carbonyl (C=O) groups is 2. The summed E-state index contributed by atoms with van der Waals surface area (Å²) in [4.78, 5) is 34.1. The summed E-state index contributed by atoms with van der Waals surface area (Å²) in [6.45, 7) is 0.836. The van der Waals surface area contributed by atoms with E-state index in [-0.39, 0.29) is 18.1 Å². The average molecular weight is 282 g/mol. The van der Waals surface area contributed by atoms with Gasteiger partial charge in [0.2, 0.25) is 0 Å². The van der Waals surface area contributed by atoms with Gasteiger partial charge in [-0.2, -0.15) is 0 Å². The molecule has 1 aliphatic rings. The lowest BCUT2D eigenvalue weighted by molar-refractivity contribution is -0.402. The second-order valence-corrected chi connectivity index (χ2v) is 4.75. The van der Waals surface area contributed by atoms with E-state index in [2.05, 4.69) is 0 Å². The monoisotopic (exact) mass is 282 g/mol. The van der Waals surface area contributed by atoms with Gasteiger partial charge < -0.3 is 14.4 Å². The van der Waals surface area contributed by atoms with Gasteiger partial charge >= 0.3 is 11.9 Å². The third kappa shape index (κ3) is 3.14. The van der Waals surface area contributed by atoms with Gasteiger partial charge in [0.25, 0.3) is 5.91 Å². The first kappa shape index (κ1) is 14.0. The number of amides is 1. The zero-order valence-corrected chi connectivity index (χ0v) is 10.7. The number of carboxylic acid groups (broad SMARTS) is 1. The maximum atomic E-state index is 12.1. The van der Waals surface area contributed by atoms with E-state index in [4.69, 9.17) is 9.52 Å². The lowest BCUT2D eigenvalue weighted by Crippen LogP contribution is -2.40. The summed E-state index contributed by atoms with van der Waals surface area (Å²) in [5.41, 5.74) is 0. The third-order valence-electron chi connectivity index (χ3n) is 3.25. The fourth-order valence-corrected chi connectivity index (χ4v) is 2.36. The second kappa shape index (κ2) is 5.72. The summed E-state index contributed by atoms with van der Waals surface area (Å²) < 4.78 is 4.87. The molecule has 1 fully saturated rings. The van der Waals surface area contributed by atoms with Crippen LogP contribution in [-0.4, -0.2) is 39.9 Å². The number of likely N-dealkylation sites (tertiary alicyclic amines) is 1. The molecule has 1 N–H and O–H groups in total. The molecule has 0 aliphatic carbocycles. The maximum absolute atomic E-state index is 12.1. The highest BCUT2D eigenvalue weighted by atomic mass is 16.6. The van der Waals surface area contributed by atoms with Crippen LogP contribution in [0.25, 0.3) is 0 Å². The van der Waals surface area contributed by atoms with Crippen molar-refractivity contribution < 1.29 is 24.0 Å². The van der Waals surface area contributed by atoms with E-state index in [0.717, 1.165) is 12.5 Å². The minimum atomic E-state index is -0.891. The number of hydrogen-bond donors (Lipinski definition) is 1. The van der Waals surface area contributed by atoms with Crippen molar-refractivity contribution in [1.82, 2.24) is 4.90 Å². The smallest absolute Gasteiger partial charge is 0.433 e. The largest absolute Gasteiger partial charge is 0.481 e. The summed E-state index contributed by atoms with van der Waals surface area (Å²) in [6.07, 6.45) is 1.49. The lowest BCUT2D eigenvalue weighted by atomic mass is 9.95. The molecule has 0 spiro atoms. The van der Waals surface area contributed by atoms with E-state index in [1.54, 1.807) is 0 Å². The predicted molar refractivity (Wildman–Crippen MR) is 66.2 cm³/mol.